The van der Waals surface area contributed by atoms with Gasteiger partial charge >= 0.3 is 11.9 Å². The average Bonchev–Trinajstić information content (AvgIpc) is 2.50. The molecule has 0 aliphatic heterocycles. The van der Waals surface area contributed by atoms with Gasteiger partial charge in [0.05, 0.1) is 11.0 Å². The number of aromatic amines is 1. The van der Waals surface area contributed by atoms with Gasteiger partial charge in [0.2, 0.25) is 0 Å². The van der Waals surface area contributed by atoms with Crippen molar-refractivity contribution in [3.8, 4) is 0 Å². The maximum atomic E-state index is 12.5. The largest absolute Gasteiger partial charge is 0.431 e. The normalized spacial score (nSPS) is 12.0. The lowest BCUT2D eigenvalue weighted by Gasteiger charge is -2.10. The molecule has 90 valence electrons. The maximum absolute atomic E-state index is 12.5. The van der Waals surface area contributed by atoms with Crippen LogP contribution in [-0.4, -0.2) is 15.7 Å². The lowest BCUT2D eigenvalue weighted by molar-refractivity contribution is -0.0733. The summed E-state index contributed by atoms with van der Waals surface area (Å²) in [6.45, 7) is 4.71. The van der Waals surface area contributed by atoms with Crippen molar-refractivity contribution < 1.29 is 13.2 Å². The molecule has 0 aliphatic rings. The van der Waals surface area contributed by atoms with Crippen LogP contribution in [0.2, 0.25) is 0 Å². The van der Waals surface area contributed by atoms with Crippen LogP contribution in [0.25, 0.3) is 16.7 Å². The van der Waals surface area contributed by atoms with Gasteiger partial charge in [-0.3, -0.25) is 4.57 Å². The average molecular weight is 242 g/mol. The number of hydrogen-bond donors (Lipinski definition) is 1. The summed E-state index contributed by atoms with van der Waals surface area (Å²) >= 11 is 0. The lowest BCUT2D eigenvalue weighted by Crippen LogP contribution is -2.24. The van der Waals surface area contributed by atoms with Crippen molar-refractivity contribution in [2.45, 2.75) is 13.1 Å². The Balaban J connectivity index is 2.74. The van der Waals surface area contributed by atoms with Crippen molar-refractivity contribution in [3.05, 3.63) is 40.8 Å². The molecular formula is C11H9F3N2O. The van der Waals surface area contributed by atoms with E-state index in [2.05, 4.69) is 11.6 Å². The van der Waals surface area contributed by atoms with Crippen molar-refractivity contribution in [1.82, 2.24) is 9.55 Å². The minimum absolute atomic E-state index is 0.169. The van der Waals surface area contributed by atoms with Crippen molar-refractivity contribution in [3.63, 3.8) is 0 Å². The Morgan fingerprint density at radius 1 is 1.41 bits per heavy atom. The first-order valence-electron chi connectivity index (χ1n) is 4.78. The van der Waals surface area contributed by atoms with Crippen LogP contribution in [0.3, 0.4) is 0 Å². The lowest BCUT2D eigenvalue weighted by atomic mass is 10.2. The van der Waals surface area contributed by atoms with Crippen molar-refractivity contribution >= 4 is 16.7 Å². The van der Waals surface area contributed by atoms with Crippen molar-refractivity contribution in [2.24, 2.45) is 0 Å². The number of fused-ring (bicyclic) bond motifs is 1. The Morgan fingerprint density at radius 3 is 2.65 bits per heavy atom. The van der Waals surface area contributed by atoms with Crippen LogP contribution >= 0.6 is 0 Å². The van der Waals surface area contributed by atoms with Crippen LogP contribution in [0.15, 0.2) is 29.6 Å². The zero-order valence-corrected chi connectivity index (χ0v) is 8.93. The molecule has 0 saturated carbocycles. The van der Waals surface area contributed by atoms with E-state index >= 15 is 0 Å². The first-order chi connectivity index (χ1) is 7.80. The van der Waals surface area contributed by atoms with E-state index in [1.165, 1.54) is 6.07 Å². The molecule has 0 bridgehead atoms. The predicted octanol–water partition coefficient (Wildman–Crippen LogP) is 2.67. The number of H-pyrrole nitrogens is 1. The molecule has 1 aromatic heterocycles. The Labute approximate surface area is 94.2 Å². The van der Waals surface area contributed by atoms with Crippen molar-refractivity contribution in [2.75, 3.05) is 0 Å². The van der Waals surface area contributed by atoms with Crippen LogP contribution < -0.4 is 5.69 Å². The fraction of sp³-hybridized carbons (Fsp3) is 0.182. The number of nitrogens with zero attached hydrogens (tertiary/aromatic N) is 1. The molecule has 0 aliphatic carbocycles. The van der Waals surface area contributed by atoms with Crippen molar-refractivity contribution in [1.29, 1.82) is 0 Å². The van der Waals surface area contributed by atoms with Gasteiger partial charge in [-0.1, -0.05) is 12.6 Å². The van der Waals surface area contributed by atoms with Crippen LogP contribution in [0.4, 0.5) is 13.2 Å². The molecule has 0 saturated heterocycles. The number of nitrogens with one attached hydrogen (secondary N) is 1. The van der Waals surface area contributed by atoms with Gasteiger partial charge in [0, 0.05) is 0 Å². The molecular weight excluding hydrogens is 233 g/mol. The molecule has 3 nitrogen and oxygen atoms in total. The summed E-state index contributed by atoms with van der Waals surface area (Å²) in [7, 11) is 0. The van der Waals surface area contributed by atoms with Gasteiger partial charge in [0.1, 0.15) is 5.70 Å². The Hall–Kier alpha value is -1.98. The molecule has 0 unspecified atom stereocenters. The van der Waals surface area contributed by atoms with Gasteiger partial charge in [-0.05, 0) is 24.6 Å². The molecule has 0 radical (unpaired) electrons. The molecule has 0 spiro atoms. The van der Waals surface area contributed by atoms with Gasteiger partial charge in [0.15, 0.2) is 0 Å². The molecule has 17 heavy (non-hydrogen) atoms. The van der Waals surface area contributed by atoms with Crippen LogP contribution in [0.1, 0.15) is 5.56 Å². The minimum Gasteiger partial charge on any atom is -0.305 e. The third-order valence-electron chi connectivity index (χ3n) is 2.43. The summed E-state index contributed by atoms with van der Waals surface area (Å²) in [6.07, 6.45) is -4.64. The SMILES string of the molecule is C=C(n1c(=O)[nH]c2cc(C)ccc21)C(F)(F)F. The maximum Gasteiger partial charge on any atom is 0.431 e. The standard InChI is InChI=1S/C11H9F3N2O/c1-6-3-4-9-8(5-6)15-10(17)16(9)7(2)11(12,13)14/h3-5H,2H2,1H3,(H,15,17). The first kappa shape index (κ1) is 11.5. The first-order valence-corrected chi connectivity index (χ1v) is 4.78. The van der Waals surface area contributed by atoms with Crippen LogP contribution in [0.5, 0.6) is 0 Å². The molecule has 1 heterocycles. The van der Waals surface area contributed by atoms with E-state index in [4.69, 9.17) is 0 Å². The third kappa shape index (κ3) is 1.86. The second-order valence-corrected chi connectivity index (χ2v) is 3.73. The summed E-state index contributed by atoms with van der Waals surface area (Å²) in [4.78, 5) is 13.9. The van der Waals surface area contributed by atoms with Crippen LogP contribution in [0, 0.1) is 6.92 Å². The summed E-state index contributed by atoms with van der Waals surface area (Å²) < 4.78 is 38.1. The fourth-order valence-corrected chi connectivity index (χ4v) is 1.62. The van der Waals surface area contributed by atoms with E-state index in [1.54, 1.807) is 19.1 Å². The molecule has 2 rings (SSSR count). The summed E-state index contributed by atoms with van der Waals surface area (Å²) in [5.41, 5.74) is -0.655. The Kier molecular flexibility index (Phi) is 2.38. The van der Waals surface area contributed by atoms with E-state index in [0.717, 1.165) is 5.56 Å². The van der Waals surface area contributed by atoms with Gasteiger partial charge in [0.25, 0.3) is 0 Å². The number of imidazole rings is 1. The monoisotopic (exact) mass is 242 g/mol. The molecule has 0 atom stereocenters. The number of alkyl halides is 3. The van der Waals surface area contributed by atoms with Gasteiger partial charge in [-0.25, -0.2) is 4.79 Å². The summed E-state index contributed by atoms with van der Waals surface area (Å²) in [6, 6.07) is 4.70. The number of rotatable bonds is 1. The van der Waals surface area contributed by atoms with E-state index in [9.17, 15) is 18.0 Å². The molecule has 0 amide bonds. The van der Waals surface area contributed by atoms with Crippen LogP contribution in [-0.2, 0) is 0 Å². The summed E-state index contributed by atoms with van der Waals surface area (Å²) in [5.74, 6) is 0. The number of hydrogen-bond acceptors (Lipinski definition) is 1. The highest BCUT2D eigenvalue weighted by atomic mass is 19.4. The smallest absolute Gasteiger partial charge is 0.305 e. The van der Waals surface area contributed by atoms with E-state index < -0.39 is 17.6 Å². The number of aryl methyl sites for hydroxylation is 1. The second-order valence-electron chi connectivity index (χ2n) is 3.73. The summed E-state index contributed by atoms with van der Waals surface area (Å²) in [5, 5.41) is 0. The topological polar surface area (TPSA) is 37.8 Å². The fourth-order valence-electron chi connectivity index (χ4n) is 1.62. The Bertz CT molecular complexity index is 649. The predicted molar refractivity (Wildman–Crippen MR) is 58.7 cm³/mol. The molecule has 0 fully saturated rings. The molecule has 6 heteroatoms. The second kappa shape index (κ2) is 3.51. The third-order valence-corrected chi connectivity index (χ3v) is 2.43. The minimum atomic E-state index is -4.64. The van der Waals surface area contributed by atoms with Gasteiger partial charge in [-0.15, -0.1) is 0 Å². The molecule has 1 N–H and O–H groups in total. The zero-order valence-electron chi connectivity index (χ0n) is 8.93. The Morgan fingerprint density at radius 2 is 2.06 bits per heavy atom. The van der Waals surface area contributed by atoms with Gasteiger partial charge in [-0.2, -0.15) is 13.2 Å². The highest BCUT2D eigenvalue weighted by Gasteiger charge is 2.35. The number of aromatic nitrogens is 2. The molecule has 2 aromatic rings. The zero-order chi connectivity index (χ0) is 12.8. The number of benzene rings is 1. The number of allylic oxidation sites excluding steroid dienone is 1. The van der Waals surface area contributed by atoms with E-state index in [-0.39, 0.29) is 5.52 Å². The quantitative estimate of drug-likeness (QED) is 0.820. The number of halogens is 3. The highest BCUT2D eigenvalue weighted by molar-refractivity contribution is 5.80. The highest BCUT2D eigenvalue weighted by Crippen LogP contribution is 2.29. The van der Waals surface area contributed by atoms with Gasteiger partial charge < -0.3 is 4.98 Å². The van der Waals surface area contributed by atoms with E-state index in [1.807, 2.05) is 0 Å². The van der Waals surface area contributed by atoms with E-state index in [0.29, 0.717) is 10.1 Å². The molecule has 1 aromatic carbocycles.